The molecular weight excluding hydrogens is 578 g/mol. The first kappa shape index (κ1) is 30.2. The molecule has 2 heterocycles. The highest BCUT2D eigenvalue weighted by Gasteiger charge is 2.43. The molecule has 3 aliphatic rings. The zero-order valence-electron chi connectivity index (χ0n) is 23.6. The molecule has 2 aliphatic heterocycles. The summed E-state index contributed by atoms with van der Waals surface area (Å²) in [6.45, 7) is 7.44. The van der Waals surface area contributed by atoms with E-state index in [1.165, 1.54) is 5.01 Å². The van der Waals surface area contributed by atoms with E-state index in [2.05, 4.69) is 15.9 Å². The van der Waals surface area contributed by atoms with E-state index >= 15 is 0 Å². The molecule has 10 nitrogen and oxygen atoms in total. The third-order valence-corrected chi connectivity index (χ3v) is 9.11. The summed E-state index contributed by atoms with van der Waals surface area (Å²) in [5.74, 6) is 4.55. The summed E-state index contributed by atoms with van der Waals surface area (Å²) < 4.78 is 7.15. The predicted molar refractivity (Wildman–Crippen MR) is 155 cm³/mol. The lowest BCUT2D eigenvalue weighted by atomic mass is 9.77. The van der Waals surface area contributed by atoms with Crippen molar-refractivity contribution < 1.29 is 24.2 Å². The van der Waals surface area contributed by atoms with Gasteiger partial charge >= 0.3 is 5.97 Å². The Morgan fingerprint density at radius 1 is 1.25 bits per heavy atom. The van der Waals surface area contributed by atoms with Crippen LogP contribution in [-0.2, 0) is 20.8 Å². The molecule has 1 saturated carbocycles. The van der Waals surface area contributed by atoms with Gasteiger partial charge in [0.15, 0.2) is 0 Å². The highest BCUT2D eigenvalue weighted by molar-refractivity contribution is 9.10. The van der Waals surface area contributed by atoms with Gasteiger partial charge in [0, 0.05) is 48.3 Å². The number of fused-ring (bicyclic) bond motifs is 1. The highest BCUT2D eigenvalue weighted by Crippen LogP contribution is 2.43. The number of rotatable bonds is 9. The molecule has 0 aromatic heterocycles. The molecule has 1 aromatic carbocycles. The standard InChI is InChI=1S/C29H42BrN5O5/c1-17(2)35(32)14-19(31)16-40-25-9-8-23(30)22-10-11-34(28(37)20-6-4-5-7-21(20)29(38)39)24(27(22)25)15-33-13-18(3)12-26(33)36/h8-9,14,17-18,20-21,24H,4-7,10-13,15-16,31-32H2,1-3H3,(H,38,39)/b19-14-. The number of halogens is 1. The molecule has 40 heavy (non-hydrogen) atoms. The Labute approximate surface area is 244 Å². The number of nitrogens with zero attached hydrogens (tertiary/aromatic N) is 3. The van der Waals surface area contributed by atoms with Crippen molar-refractivity contribution in [2.24, 2.45) is 29.3 Å². The monoisotopic (exact) mass is 619 g/mol. The van der Waals surface area contributed by atoms with Gasteiger partial charge < -0.3 is 30.4 Å². The predicted octanol–water partition coefficient (Wildman–Crippen LogP) is 3.40. The quantitative estimate of drug-likeness (QED) is 0.282. The fourth-order valence-electron chi connectivity index (χ4n) is 6.19. The van der Waals surface area contributed by atoms with E-state index in [1.54, 1.807) is 6.20 Å². The van der Waals surface area contributed by atoms with Crippen LogP contribution in [0.1, 0.15) is 70.0 Å². The summed E-state index contributed by atoms with van der Waals surface area (Å²) in [5.41, 5.74) is 8.52. The lowest BCUT2D eigenvalue weighted by Crippen LogP contribution is -2.50. The molecule has 4 rings (SSSR count). The highest BCUT2D eigenvalue weighted by atomic mass is 79.9. The average molecular weight is 621 g/mol. The average Bonchev–Trinajstić information content (AvgIpc) is 3.23. The van der Waals surface area contributed by atoms with E-state index in [1.807, 2.05) is 42.7 Å². The zero-order chi connectivity index (χ0) is 29.1. The number of benzene rings is 1. The molecule has 0 radical (unpaired) electrons. The first-order chi connectivity index (χ1) is 19.0. The van der Waals surface area contributed by atoms with Crippen LogP contribution in [0, 0.1) is 17.8 Å². The summed E-state index contributed by atoms with van der Waals surface area (Å²) in [5, 5.41) is 11.4. The van der Waals surface area contributed by atoms with Crippen LogP contribution in [0.15, 0.2) is 28.5 Å². The van der Waals surface area contributed by atoms with Crippen molar-refractivity contribution in [3.8, 4) is 5.75 Å². The Morgan fingerprint density at radius 2 is 1.95 bits per heavy atom. The van der Waals surface area contributed by atoms with E-state index in [0.717, 1.165) is 28.4 Å². The van der Waals surface area contributed by atoms with Gasteiger partial charge in [-0.1, -0.05) is 35.7 Å². The third kappa shape index (κ3) is 6.57. The number of carboxylic acid groups (broad SMARTS) is 1. The van der Waals surface area contributed by atoms with Crippen molar-refractivity contribution in [2.75, 3.05) is 26.2 Å². The minimum Gasteiger partial charge on any atom is -0.487 e. The first-order valence-corrected chi connectivity index (χ1v) is 15.0. The van der Waals surface area contributed by atoms with Gasteiger partial charge in [-0.05, 0) is 56.7 Å². The molecule has 4 atom stereocenters. The lowest BCUT2D eigenvalue weighted by molar-refractivity contribution is -0.154. The van der Waals surface area contributed by atoms with Gasteiger partial charge in [-0.25, -0.2) is 5.84 Å². The van der Waals surface area contributed by atoms with Gasteiger partial charge in [-0.15, -0.1) is 0 Å². The van der Waals surface area contributed by atoms with Crippen LogP contribution in [0.3, 0.4) is 0 Å². The molecule has 4 unspecified atom stereocenters. The summed E-state index contributed by atoms with van der Waals surface area (Å²) >= 11 is 3.69. The number of ether oxygens (including phenoxy) is 1. The van der Waals surface area contributed by atoms with Crippen molar-refractivity contribution in [3.05, 3.63) is 39.6 Å². The molecule has 0 bridgehead atoms. The van der Waals surface area contributed by atoms with E-state index in [4.69, 9.17) is 16.3 Å². The van der Waals surface area contributed by atoms with Crippen LogP contribution >= 0.6 is 15.9 Å². The Bertz CT molecular complexity index is 1160. The second-order valence-electron chi connectivity index (χ2n) is 11.7. The number of aliphatic carboxylic acids is 1. The number of nitrogens with two attached hydrogens (primary N) is 2. The minimum absolute atomic E-state index is 0.0643. The van der Waals surface area contributed by atoms with Gasteiger partial charge in [0.1, 0.15) is 12.4 Å². The summed E-state index contributed by atoms with van der Waals surface area (Å²) in [4.78, 5) is 42.7. The minimum atomic E-state index is -0.917. The first-order valence-electron chi connectivity index (χ1n) is 14.2. The summed E-state index contributed by atoms with van der Waals surface area (Å²) in [7, 11) is 0. The fraction of sp³-hybridized carbons (Fsp3) is 0.621. The molecular formula is C29H42BrN5O5. The normalized spacial score (nSPS) is 25.2. The Hall–Kier alpha value is -2.79. The number of carboxylic acids is 1. The number of carbonyl (C=O) groups is 3. The number of carbonyl (C=O) groups excluding carboxylic acids is 2. The van der Waals surface area contributed by atoms with Crippen LogP contribution < -0.4 is 16.3 Å². The smallest absolute Gasteiger partial charge is 0.307 e. The van der Waals surface area contributed by atoms with Crippen LogP contribution in [0.25, 0.3) is 0 Å². The van der Waals surface area contributed by atoms with Crippen molar-refractivity contribution >= 4 is 33.7 Å². The maximum Gasteiger partial charge on any atom is 0.307 e. The molecule has 11 heteroatoms. The molecule has 2 amide bonds. The van der Waals surface area contributed by atoms with E-state index < -0.39 is 23.8 Å². The number of amides is 2. The number of hydrazine groups is 1. The van der Waals surface area contributed by atoms with E-state index in [-0.39, 0.29) is 30.4 Å². The van der Waals surface area contributed by atoms with Crippen molar-refractivity contribution in [2.45, 2.75) is 71.4 Å². The van der Waals surface area contributed by atoms with Crippen molar-refractivity contribution in [3.63, 3.8) is 0 Å². The van der Waals surface area contributed by atoms with Crippen LogP contribution in [-0.4, -0.2) is 70.0 Å². The Balaban J connectivity index is 1.70. The molecule has 1 aromatic rings. The molecule has 1 aliphatic carbocycles. The Kier molecular flexibility index (Phi) is 9.66. The van der Waals surface area contributed by atoms with Gasteiger partial charge in [0.05, 0.1) is 23.6 Å². The van der Waals surface area contributed by atoms with Gasteiger partial charge in [-0.2, -0.15) is 0 Å². The lowest BCUT2D eigenvalue weighted by Gasteiger charge is -2.43. The molecule has 1 saturated heterocycles. The summed E-state index contributed by atoms with van der Waals surface area (Å²) in [6.07, 6.45) is 5.40. The third-order valence-electron chi connectivity index (χ3n) is 8.36. The number of hydrogen-bond donors (Lipinski definition) is 3. The second-order valence-corrected chi connectivity index (χ2v) is 12.6. The molecule has 220 valence electrons. The topological polar surface area (TPSA) is 142 Å². The molecule has 5 N–H and O–H groups in total. The fourth-order valence-corrected chi connectivity index (χ4v) is 6.73. The second kappa shape index (κ2) is 12.8. The number of likely N-dealkylation sites (tertiary alicyclic amines) is 1. The van der Waals surface area contributed by atoms with Gasteiger partial charge in [0.2, 0.25) is 11.8 Å². The Morgan fingerprint density at radius 3 is 2.58 bits per heavy atom. The maximum atomic E-state index is 14.1. The van der Waals surface area contributed by atoms with Gasteiger partial charge in [-0.3, -0.25) is 14.4 Å². The van der Waals surface area contributed by atoms with Crippen LogP contribution in [0.2, 0.25) is 0 Å². The largest absolute Gasteiger partial charge is 0.487 e. The molecule has 2 fully saturated rings. The van der Waals surface area contributed by atoms with Crippen molar-refractivity contribution in [1.29, 1.82) is 0 Å². The maximum absolute atomic E-state index is 14.1. The van der Waals surface area contributed by atoms with E-state index in [9.17, 15) is 19.5 Å². The van der Waals surface area contributed by atoms with Crippen LogP contribution in [0.4, 0.5) is 0 Å². The van der Waals surface area contributed by atoms with Gasteiger partial charge in [0.25, 0.3) is 0 Å². The van der Waals surface area contributed by atoms with Crippen molar-refractivity contribution in [1.82, 2.24) is 14.8 Å². The SMILES string of the molecule is CC1CC(=O)N(CC2c3c(OC/C(N)=C/N(N)C(C)C)ccc(Br)c3CCN2C(=O)C2CCCCC2C(=O)O)C1. The number of hydrogen-bond acceptors (Lipinski definition) is 7. The van der Waals surface area contributed by atoms with E-state index in [0.29, 0.717) is 56.8 Å². The molecule has 0 spiro atoms. The summed E-state index contributed by atoms with van der Waals surface area (Å²) in [6, 6.07) is 3.38. The van der Waals surface area contributed by atoms with Crippen LogP contribution in [0.5, 0.6) is 5.75 Å². The zero-order valence-corrected chi connectivity index (χ0v) is 25.2.